The first kappa shape index (κ1) is 7.60. The molecule has 0 heterocycles. The summed E-state index contributed by atoms with van der Waals surface area (Å²) in [6.45, 7) is 0. The molecule has 1 rings (SSSR count). The fourth-order valence-corrected chi connectivity index (χ4v) is 1.83. The molecule has 1 aromatic carbocycles. The maximum absolute atomic E-state index is 11.0. The average Bonchev–Trinajstić information content (AvgIpc) is 2.05. The van der Waals surface area contributed by atoms with E-state index >= 15 is 0 Å². The van der Waals surface area contributed by atoms with Crippen LogP contribution in [0.25, 0.3) is 0 Å². The first-order valence-corrected chi connectivity index (χ1v) is 5.11. The molecular formula is C7H8O2Se. The van der Waals surface area contributed by atoms with Crippen LogP contribution in [-0.4, -0.2) is 21.3 Å². The molecule has 0 aliphatic carbocycles. The van der Waals surface area contributed by atoms with Crippen molar-refractivity contribution in [3.63, 3.8) is 0 Å². The Bertz CT molecular complexity index is 220. The molecule has 0 bridgehead atoms. The molecule has 1 aromatic rings. The van der Waals surface area contributed by atoms with Gasteiger partial charge in [0.15, 0.2) is 0 Å². The molecule has 0 N–H and O–H groups in total. The average molecular weight is 203 g/mol. The van der Waals surface area contributed by atoms with Gasteiger partial charge in [-0.05, 0) is 0 Å². The quantitative estimate of drug-likeness (QED) is 0.652. The Morgan fingerprint density at radius 3 is 2.40 bits per heavy atom. The summed E-state index contributed by atoms with van der Waals surface area (Å²) in [5, 5.41) is 0. The van der Waals surface area contributed by atoms with Crippen LogP contribution < -0.4 is 4.46 Å². The number of rotatable bonds is 2. The first-order chi connectivity index (χ1) is 4.84. The third kappa shape index (κ3) is 1.74. The zero-order valence-electron chi connectivity index (χ0n) is 5.61. The van der Waals surface area contributed by atoms with Crippen LogP contribution in [0.1, 0.15) is 0 Å². The van der Waals surface area contributed by atoms with Crippen molar-refractivity contribution < 1.29 is 7.65 Å². The minimum atomic E-state index is -2.16. The molecule has 0 amide bonds. The summed E-state index contributed by atoms with van der Waals surface area (Å²) in [4.78, 5) is 0. The van der Waals surface area contributed by atoms with Crippen LogP contribution in [0.4, 0.5) is 0 Å². The Kier molecular flexibility index (Phi) is 2.75. The summed E-state index contributed by atoms with van der Waals surface area (Å²) >= 11 is -2.16. The van der Waals surface area contributed by atoms with E-state index in [-0.39, 0.29) is 0 Å². The van der Waals surface area contributed by atoms with E-state index in [1.807, 2.05) is 18.2 Å². The van der Waals surface area contributed by atoms with Gasteiger partial charge in [0.25, 0.3) is 0 Å². The fourth-order valence-electron chi connectivity index (χ4n) is 0.628. The van der Waals surface area contributed by atoms with Crippen molar-refractivity contribution >= 4 is 18.6 Å². The molecule has 1 atom stereocenters. The summed E-state index contributed by atoms with van der Waals surface area (Å²) in [6, 6.07) is 9.20. The molecule has 10 heavy (non-hydrogen) atoms. The summed E-state index contributed by atoms with van der Waals surface area (Å²) in [5.74, 6) is 0. The van der Waals surface area contributed by atoms with Gasteiger partial charge in [-0.2, -0.15) is 0 Å². The first-order valence-electron chi connectivity index (χ1n) is 2.86. The SMILES string of the molecule is CO[Se](=O)c1ccccc1. The van der Waals surface area contributed by atoms with E-state index in [9.17, 15) is 3.83 Å². The molecule has 0 aliphatic rings. The van der Waals surface area contributed by atoms with Crippen LogP contribution in [0, 0.1) is 0 Å². The second-order valence-electron chi connectivity index (χ2n) is 1.71. The van der Waals surface area contributed by atoms with E-state index < -0.39 is 14.2 Å². The Morgan fingerprint density at radius 1 is 1.30 bits per heavy atom. The fraction of sp³-hybridized carbons (Fsp3) is 0.143. The van der Waals surface area contributed by atoms with Crippen LogP contribution in [0.5, 0.6) is 0 Å². The van der Waals surface area contributed by atoms with Gasteiger partial charge in [0.1, 0.15) is 0 Å². The standard InChI is InChI=1S/C7H8O2Se/c1-9-10(8)7-5-3-2-4-6-7/h2-6H,1H3. The van der Waals surface area contributed by atoms with Gasteiger partial charge in [-0.3, -0.25) is 0 Å². The summed E-state index contributed by atoms with van der Waals surface area (Å²) < 4.78 is 16.5. The molecule has 0 aromatic heterocycles. The van der Waals surface area contributed by atoms with Gasteiger partial charge in [0.05, 0.1) is 0 Å². The minimum absolute atomic E-state index is 0.796. The van der Waals surface area contributed by atoms with Crippen molar-refractivity contribution in [1.29, 1.82) is 0 Å². The molecule has 0 saturated carbocycles. The van der Waals surface area contributed by atoms with Crippen molar-refractivity contribution in [1.82, 2.24) is 0 Å². The van der Waals surface area contributed by atoms with E-state index in [1.54, 1.807) is 12.1 Å². The van der Waals surface area contributed by atoms with Crippen LogP contribution >= 0.6 is 0 Å². The molecule has 3 heteroatoms. The van der Waals surface area contributed by atoms with Gasteiger partial charge >= 0.3 is 63.7 Å². The van der Waals surface area contributed by atoms with E-state index in [4.69, 9.17) is 3.82 Å². The van der Waals surface area contributed by atoms with Crippen LogP contribution in [0.15, 0.2) is 30.3 Å². The Morgan fingerprint density at radius 2 is 1.90 bits per heavy atom. The summed E-state index contributed by atoms with van der Waals surface area (Å²) in [7, 11) is 1.46. The van der Waals surface area contributed by atoms with Crippen molar-refractivity contribution in [2.24, 2.45) is 0 Å². The van der Waals surface area contributed by atoms with Gasteiger partial charge in [-0.25, -0.2) is 0 Å². The third-order valence-corrected chi connectivity index (χ3v) is 3.10. The monoisotopic (exact) mass is 204 g/mol. The van der Waals surface area contributed by atoms with Crippen LogP contribution in [-0.2, 0) is 7.65 Å². The van der Waals surface area contributed by atoms with Gasteiger partial charge in [-0.1, -0.05) is 0 Å². The summed E-state index contributed by atoms with van der Waals surface area (Å²) in [6.07, 6.45) is 0. The Hall–Kier alpha value is -0.501. The summed E-state index contributed by atoms with van der Waals surface area (Å²) in [5.41, 5.74) is 0. The normalized spacial score (nSPS) is 12.9. The van der Waals surface area contributed by atoms with Crippen LogP contribution in [0.2, 0.25) is 0 Å². The second-order valence-corrected chi connectivity index (χ2v) is 4.39. The number of hydrogen-bond donors (Lipinski definition) is 0. The van der Waals surface area contributed by atoms with E-state index in [0.29, 0.717) is 0 Å². The Labute approximate surface area is 64.2 Å². The molecule has 0 fully saturated rings. The number of hydrogen-bond acceptors (Lipinski definition) is 2. The van der Waals surface area contributed by atoms with Gasteiger partial charge in [0.2, 0.25) is 0 Å². The van der Waals surface area contributed by atoms with Crippen molar-refractivity contribution in [2.75, 3.05) is 7.11 Å². The van der Waals surface area contributed by atoms with Gasteiger partial charge in [0, 0.05) is 0 Å². The zero-order chi connectivity index (χ0) is 7.40. The maximum atomic E-state index is 11.0. The van der Waals surface area contributed by atoms with Gasteiger partial charge in [-0.15, -0.1) is 0 Å². The van der Waals surface area contributed by atoms with Gasteiger partial charge < -0.3 is 0 Å². The molecule has 0 aliphatic heterocycles. The predicted octanol–water partition coefficient (Wildman–Crippen LogP) is 0.459. The molecule has 0 radical (unpaired) electrons. The van der Waals surface area contributed by atoms with Crippen molar-refractivity contribution in [3.8, 4) is 0 Å². The molecule has 1 unspecified atom stereocenters. The van der Waals surface area contributed by atoms with Crippen molar-refractivity contribution in [3.05, 3.63) is 30.3 Å². The topological polar surface area (TPSA) is 26.3 Å². The van der Waals surface area contributed by atoms with E-state index in [1.165, 1.54) is 7.11 Å². The molecule has 0 saturated heterocycles. The molecule has 2 nitrogen and oxygen atoms in total. The van der Waals surface area contributed by atoms with E-state index in [2.05, 4.69) is 0 Å². The Balaban J connectivity index is 2.85. The molecular weight excluding hydrogens is 195 g/mol. The molecule has 0 spiro atoms. The predicted molar refractivity (Wildman–Crippen MR) is 39.5 cm³/mol. The molecule has 54 valence electrons. The van der Waals surface area contributed by atoms with Crippen LogP contribution in [0.3, 0.4) is 0 Å². The van der Waals surface area contributed by atoms with Crippen molar-refractivity contribution in [2.45, 2.75) is 0 Å². The second kappa shape index (κ2) is 3.61. The number of benzene rings is 1. The zero-order valence-corrected chi connectivity index (χ0v) is 7.32. The third-order valence-electron chi connectivity index (χ3n) is 1.09. The van der Waals surface area contributed by atoms with E-state index in [0.717, 1.165) is 4.46 Å².